The Morgan fingerprint density at radius 3 is 2.67 bits per heavy atom. The average Bonchev–Trinajstić information content (AvgIpc) is 2.41. The Morgan fingerprint density at radius 1 is 1.47 bits per heavy atom. The number of primary amides is 1. The van der Waals surface area contributed by atoms with Crippen LogP contribution >= 0.6 is 0 Å². The van der Waals surface area contributed by atoms with Crippen molar-refractivity contribution in [3.8, 4) is 0 Å². The zero-order valence-electron chi connectivity index (χ0n) is 8.98. The molecule has 15 heavy (non-hydrogen) atoms. The van der Waals surface area contributed by atoms with Gasteiger partial charge in [-0.1, -0.05) is 13.3 Å². The zero-order chi connectivity index (χ0) is 11.4. The molecule has 1 aliphatic heterocycles. The molecule has 86 valence electrons. The summed E-state index contributed by atoms with van der Waals surface area (Å²) in [5.74, 6) is -1.19. The monoisotopic (exact) mass is 214 g/mol. The number of amides is 2. The minimum atomic E-state index is -0.800. The lowest BCUT2D eigenvalue weighted by molar-refractivity contribution is -0.143. The topological polar surface area (TPSA) is 83.6 Å². The van der Waals surface area contributed by atoms with Gasteiger partial charge in [-0.3, -0.25) is 4.79 Å². The second-order valence-corrected chi connectivity index (χ2v) is 4.17. The summed E-state index contributed by atoms with van der Waals surface area (Å²) in [7, 11) is 0. The number of carboxylic acid groups (broad SMARTS) is 1. The SMILES string of the molecule is CC(C(=O)O)C1CCCCN(C(N)=O)C1. The van der Waals surface area contributed by atoms with Crippen LogP contribution in [-0.4, -0.2) is 35.1 Å². The summed E-state index contributed by atoms with van der Waals surface area (Å²) in [5, 5.41) is 8.92. The summed E-state index contributed by atoms with van der Waals surface area (Å²) in [6.45, 7) is 2.82. The molecule has 5 heteroatoms. The standard InChI is InChI=1S/C10H18N2O3/c1-7(9(13)14)8-4-2-3-5-12(6-8)10(11)15/h7-8H,2-6H2,1H3,(H2,11,15)(H,13,14). The van der Waals surface area contributed by atoms with Crippen molar-refractivity contribution in [3.05, 3.63) is 0 Å². The van der Waals surface area contributed by atoms with Crippen molar-refractivity contribution in [1.82, 2.24) is 4.90 Å². The van der Waals surface area contributed by atoms with Crippen LogP contribution in [0.25, 0.3) is 0 Å². The van der Waals surface area contributed by atoms with Gasteiger partial charge >= 0.3 is 12.0 Å². The first-order valence-corrected chi connectivity index (χ1v) is 5.29. The third-order valence-electron chi connectivity index (χ3n) is 3.12. The maximum absolute atomic E-state index is 11.0. The van der Waals surface area contributed by atoms with Gasteiger partial charge in [0.2, 0.25) is 0 Å². The second-order valence-electron chi connectivity index (χ2n) is 4.17. The number of carboxylic acids is 1. The van der Waals surface area contributed by atoms with Crippen molar-refractivity contribution in [1.29, 1.82) is 0 Å². The van der Waals surface area contributed by atoms with Crippen molar-refractivity contribution in [2.45, 2.75) is 26.2 Å². The molecular formula is C10H18N2O3. The lowest BCUT2D eigenvalue weighted by Crippen LogP contribution is -2.40. The Hall–Kier alpha value is -1.26. The third kappa shape index (κ3) is 3.11. The molecule has 2 unspecified atom stereocenters. The van der Waals surface area contributed by atoms with Gasteiger partial charge in [0.05, 0.1) is 5.92 Å². The summed E-state index contributed by atoms with van der Waals surface area (Å²) in [4.78, 5) is 23.5. The minimum Gasteiger partial charge on any atom is -0.481 e. The molecule has 1 saturated heterocycles. The van der Waals surface area contributed by atoms with Crippen LogP contribution in [0.4, 0.5) is 4.79 Å². The lowest BCUT2D eigenvalue weighted by atomic mass is 9.90. The maximum Gasteiger partial charge on any atom is 0.314 e. The number of nitrogens with two attached hydrogens (primary N) is 1. The average molecular weight is 214 g/mol. The fraction of sp³-hybridized carbons (Fsp3) is 0.800. The van der Waals surface area contributed by atoms with E-state index >= 15 is 0 Å². The van der Waals surface area contributed by atoms with Crippen LogP contribution in [0.2, 0.25) is 0 Å². The highest BCUT2D eigenvalue weighted by atomic mass is 16.4. The van der Waals surface area contributed by atoms with Gasteiger partial charge < -0.3 is 15.7 Å². The van der Waals surface area contributed by atoms with E-state index in [1.54, 1.807) is 11.8 Å². The smallest absolute Gasteiger partial charge is 0.314 e. The first kappa shape index (κ1) is 11.8. The van der Waals surface area contributed by atoms with Crippen LogP contribution < -0.4 is 5.73 Å². The molecule has 0 radical (unpaired) electrons. The van der Waals surface area contributed by atoms with Crippen molar-refractivity contribution in [3.63, 3.8) is 0 Å². The maximum atomic E-state index is 11.0. The Balaban J connectivity index is 2.64. The number of aliphatic carboxylic acids is 1. The van der Waals surface area contributed by atoms with E-state index in [2.05, 4.69) is 0 Å². The van der Waals surface area contributed by atoms with E-state index in [4.69, 9.17) is 10.8 Å². The molecule has 1 fully saturated rings. The molecule has 0 aromatic heterocycles. The number of carbonyl (C=O) groups excluding carboxylic acids is 1. The number of likely N-dealkylation sites (tertiary alicyclic amines) is 1. The highest BCUT2D eigenvalue weighted by Crippen LogP contribution is 2.23. The molecule has 0 spiro atoms. The van der Waals surface area contributed by atoms with E-state index in [1.165, 1.54) is 0 Å². The second kappa shape index (κ2) is 5.00. The van der Waals surface area contributed by atoms with Gasteiger partial charge in [0, 0.05) is 13.1 Å². The lowest BCUT2D eigenvalue weighted by Gasteiger charge is -2.24. The molecule has 2 amide bonds. The Labute approximate surface area is 89.2 Å². The molecule has 0 saturated carbocycles. The van der Waals surface area contributed by atoms with Crippen LogP contribution in [0.5, 0.6) is 0 Å². The number of urea groups is 1. The summed E-state index contributed by atoms with van der Waals surface area (Å²) in [6.07, 6.45) is 2.73. The molecule has 5 nitrogen and oxygen atoms in total. The molecular weight excluding hydrogens is 196 g/mol. The first-order valence-electron chi connectivity index (χ1n) is 5.29. The number of hydrogen-bond donors (Lipinski definition) is 2. The van der Waals surface area contributed by atoms with Gasteiger partial charge in [-0.05, 0) is 18.8 Å². The molecule has 0 bridgehead atoms. The number of rotatable bonds is 2. The number of hydrogen-bond acceptors (Lipinski definition) is 2. The predicted molar refractivity (Wildman–Crippen MR) is 55.3 cm³/mol. The minimum absolute atomic E-state index is 0.0255. The number of carbonyl (C=O) groups is 2. The van der Waals surface area contributed by atoms with E-state index in [9.17, 15) is 9.59 Å². The van der Waals surface area contributed by atoms with Gasteiger partial charge in [-0.25, -0.2) is 4.79 Å². The fourth-order valence-corrected chi connectivity index (χ4v) is 1.98. The molecule has 1 heterocycles. The van der Waals surface area contributed by atoms with E-state index < -0.39 is 17.9 Å². The highest BCUT2D eigenvalue weighted by molar-refractivity contribution is 5.72. The Bertz CT molecular complexity index is 255. The Kier molecular flexibility index (Phi) is 3.94. The highest BCUT2D eigenvalue weighted by Gasteiger charge is 2.28. The van der Waals surface area contributed by atoms with E-state index in [-0.39, 0.29) is 5.92 Å². The molecule has 0 aromatic rings. The van der Waals surface area contributed by atoms with E-state index in [0.717, 1.165) is 19.3 Å². The van der Waals surface area contributed by atoms with Crippen LogP contribution in [0.3, 0.4) is 0 Å². The predicted octanol–water partition coefficient (Wildman–Crippen LogP) is 0.888. The van der Waals surface area contributed by atoms with E-state index in [0.29, 0.717) is 13.1 Å². The fourth-order valence-electron chi connectivity index (χ4n) is 1.98. The molecule has 0 aromatic carbocycles. The van der Waals surface area contributed by atoms with Gasteiger partial charge in [-0.15, -0.1) is 0 Å². The molecule has 1 rings (SSSR count). The van der Waals surface area contributed by atoms with Crippen molar-refractivity contribution >= 4 is 12.0 Å². The van der Waals surface area contributed by atoms with Crippen LogP contribution in [0, 0.1) is 11.8 Å². The summed E-state index contributed by atoms with van der Waals surface area (Å²) in [5.41, 5.74) is 5.21. The summed E-state index contributed by atoms with van der Waals surface area (Å²) in [6, 6.07) is -0.445. The van der Waals surface area contributed by atoms with Gasteiger partial charge in [0.15, 0.2) is 0 Å². The molecule has 1 aliphatic rings. The van der Waals surface area contributed by atoms with Crippen molar-refractivity contribution < 1.29 is 14.7 Å². The van der Waals surface area contributed by atoms with Crippen LogP contribution in [0.1, 0.15) is 26.2 Å². The first-order chi connectivity index (χ1) is 7.02. The van der Waals surface area contributed by atoms with Gasteiger partial charge in [-0.2, -0.15) is 0 Å². The van der Waals surface area contributed by atoms with Gasteiger partial charge in [0.1, 0.15) is 0 Å². The van der Waals surface area contributed by atoms with E-state index in [1.807, 2.05) is 0 Å². The van der Waals surface area contributed by atoms with Crippen LogP contribution in [0.15, 0.2) is 0 Å². The molecule has 2 atom stereocenters. The third-order valence-corrected chi connectivity index (χ3v) is 3.12. The molecule has 0 aliphatic carbocycles. The van der Waals surface area contributed by atoms with Crippen molar-refractivity contribution in [2.75, 3.05) is 13.1 Å². The summed E-state index contributed by atoms with van der Waals surface area (Å²) < 4.78 is 0. The zero-order valence-corrected chi connectivity index (χ0v) is 8.98. The van der Waals surface area contributed by atoms with Crippen LogP contribution in [-0.2, 0) is 4.79 Å². The normalized spacial score (nSPS) is 24.3. The Morgan fingerprint density at radius 2 is 2.13 bits per heavy atom. The molecule has 3 N–H and O–H groups in total. The summed E-state index contributed by atoms with van der Waals surface area (Å²) >= 11 is 0. The largest absolute Gasteiger partial charge is 0.481 e. The quantitative estimate of drug-likeness (QED) is 0.716. The van der Waals surface area contributed by atoms with Gasteiger partial charge in [0.25, 0.3) is 0 Å². The van der Waals surface area contributed by atoms with Crippen molar-refractivity contribution in [2.24, 2.45) is 17.6 Å². The number of nitrogens with zero attached hydrogens (tertiary/aromatic N) is 1.